The summed E-state index contributed by atoms with van der Waals surface area (Å²) in [6.07, 6.45) is 1.41. The Balaban J connectivity index is 1.35. The molecule has 1 aliphatic rings. The topological polar surface area (TPSA) is 87.7 Å². The second-order valence-corrected chi connectivity index (χ2v) is 10.3. The van der Waals surface area contributed by atoms with Gasteiger partial charge < -0.3 is 20.3 Å². The van der Waals surface area contributed by atoms with E-state index < -0.39 is 17.9 Å². The lowest BCUT2D eigenvalue weighted by Crippen LogP contribution is -2.40. The summed E-state index contributed by atoms with van der Waals surface area (Å²) in [5, 5.41) is 6.11. The molecule has 3 amide bonds. The summed E-state index contributed by atoms with van der Waals surface area (Å²) < 4.78 is 6.73. The quantitative estimate of drug-likeness (QED) is 0.316. The van der Waals surface area contributed by atoms with Gasteiger partial charge in [-0.1, -0.05) is 57.3 Å². The van der Waals surface area contributed by atoms with Crippen molar-refractivity contribution >= 4 is 62.5 Å². The highest BCUT2D eigenvalue weighted by atomic mass is 79.9. The number of carbonyl (C=O) groups is 3. The summed E-state index contributed by atoms with van der Waals surface area (Å²) in [4.78, 5) is 38.7. The van der Waals surface area contributed by atoms with Gasteiger partial charge in [-0.25, -0.2) is 0 Å². The van der Waals surface area contributed by atoms with E-state index in [1.165, 1.54) is 0 Å². The van der Waals surface area contributed by atoms with E-state index in [9.17, 15) is 14.4 Å². The van der Waals surface area contributed by atoms with Crippen molar-refractivity contribution in [1.29, 1.82) is 0 Å². The Kier molecular flexibility index (Phi) is 8.74. The number of halogens is 3. The standard InChI is InChI=1S/C27H24BrCl2N3O4/c1-16(17-5-8-20(9-6-17)33-12-2-3-25(33)34)32-27(36)26(35)31-15-18-4-7-19(28)13-24(18)37-21-10-11-22(29)23(30)14-21/h4-11,13-14,16H,2-3,12,15H2,1H3,(H,31,35)(H,32,36). The molecule has 192 valence electrons. The average Bonchev–Trinajstić information content (AvgIpc) is 3.31. The number of hydrogen-bond donors (Lipinski definition) is 2. The first-order valence-corrected chi connectivity index (χ1v) is 13.2. The Morgan fingerprint density at radius 1 is 1.03 bits per heavy atom. The van der Waals surface area contributed by atoms with Crippen LogP contribution in [0.25, 0.3) is 0 Å². The van der Waals surface area contributed by atoms with Crippen LogP contribution in [0.2, 0.25) is 10.0 Å². The zero-order valence-corrected chi connectivity index (χ0v) is 23.0. The fraction of sp³-hybridized carbons (Fsp3) is 0.222. The Morgan fingerprint density at radius 2 is 1.78 bits per heavy atom. The molecule has 1 fully saturated rings. The molecule has 1 unspecified atom stereocenters. The lowest BCUT2D eigenvalue weighted by Gasteiger charge is -2.18. The van der Waals surface area contributed by atoms with E-state index in [1.807, 2.05) is 30.3 Å². The minimum absolute atomic E-state index is 0.0725. The fourth-order valence-corrected chi connectivity index (χ4v) is 4.53. The van der Waals surface area contributed by atoms with Crippen LogP contribution in [-0.4, -0.2) is 24.3 Å². The minimum atomic E-state index is -0.769. The number of hydrogen-bond acceptors (Lipinski definition) is 4. The van der Waals surface area contributed by atoms with Gasteiger partial charge in [0, 0.05) is 41.3 Å². The fourth-order valence-electron chi connectivity index (χ4n) is 3.90. The number of carbonyl (C=O) groups excluding carboxylic acids is 3. The van der Waals surface area contributed by atoms with Gasteiger partial charge >= 0.3 is 11.8 Å². The van der Waals surface area contributed by atoms with Crippen LogP contribution in [0, 0.1) is 0 Å². The highest BCUT2D eigenvalue weighted by Crippen LogP contribution is 2.32. The minimum Gasteiger partial charge on any atom is -0.457 e. The average molecular weight is 605 g/mol. The van der Waals surface area contributed by atoms with Crippen LogP contribution < -0.4 is 20.3 Å². The monoisotopic (exact) mass is 603 g/mol. The summed E-state index contributed by atoms with van der Waals surface area (Å²) in [7, 11) is 0. The van der Waals surface area contributed by atoms with Gasteiger partial charge in [0.25, 0.3) is 0 Å². The molecule has 1 aliphatic heterocycles. The van der Waals surface area contributed by atoms with Crippen LogP contribution in [0.5, 0.6) is 11.5 Å². The molecule has 37 heavy (non-hydrogen) atoms. The molecule has 1 atom stereocenters. The predicted molar refractivity (Wildman–Crippen MR) is 147 cm³/mol. The van der Waals surface area contributed by atoms with E-state index in [4.69, 9.17) is 27.9 Å². The van der Waals surface area contributed by atoms with Crippen LogP contribution in [0.3, 0.4) is 0 Å². The largest absolute Gasteiger partial charge is 0.457 e. The van der Waals surface area contributed by atoms with Gasteiger partial charge in [0.2, 0.25) is 5.91 Å². The van der Waals surface area contributed by atoms with Crippen LogP contribution in [0.4, 0.5) is 5.69 Å². The summed E-state index contributed by atoms with van der Waals surface area (Å²) in [6.45, 7) is 2.57. The van der Waals surface area contributed by atoms with Crippen molar-refractivity contribution in [2.24, 2.45) is 0 Å². The molecular formula is C27H24BrCl2N3O4. The number of amides is 3. The van der Waals surface area contributed by atoms with E-state index >= 15 is 0 Å². The maximum absolute atomic E-state index is 12.5. The van der Waals surface area contributed by atoms with E-state index in [0.717, 1.165) is 22.1 Å². The molecular weight excluding hydrogens is 581 g/mol. The van der Waals surface area contributed by atoms with Crippen molar-refractivity contribution in [2.45, 2.75) is 32.4 Å². The molecule has 3 aromatic rings. The highest BCUT2D eigenvalue weighted by molar-refractivity contribution is 9.10. The number of benzene rings is 3. The number of nitrogens with zero attached hydrogens (tertiary/aromatic N) is 1. The van der Waals surface area contributed by atoms with Crippen LogP contribution in [0.1, 0.15) is 36.9 Å². The Bertz CT molecular complexity index is 1330. The van der Waals surface area contributed by atoms with Crippen molar-refractivity contribution in [3.8, 4) is 11.5 Å². The van der Waals surface area contributed by atoms with Crippen LogP contribution in [0.15, 0.2) is 65.1 Å². The SMILES string of the molecule is CC(NC(=O)C(=O)NCc1ccc(Br)cc1Oc1ccc(Cl)c(Cl)c1)c1ccc(N2CCCC2=O)cc1. The van der Waals surface area contributed by atoms with Crippen molar-refractivity contribution in [3.05, 3.63) is 86.3 Å². The summed E-state index contributed by atoms with van der Waals surface area (Å²) in [5.41, 5.74) is 2.31. The third-order valence-corrected chi connectivity index (χ3v) is 7.15. The molecule has 0 spiro atoms. The van der Waals surface area contributed by atoms with E-state index in [-0.39, 0.29) is 12.5 Å². The van der Waals surface area contributed by atoms with E-state index in [1.54, 1.807) is 42.2 Å². The molecule has 1 heterocycles. The molecule has 1 saturated heterocycles. The van der Waals surface area contributed by atoms with Crippen molar-refractivity contribution in [2.75, 3.05) is 11.4 Å². The summed E-state index contributed by atoms with van der Waals surface area (Å²) >= 11 is 15.5. The number of anilines is 1. The normalized spacial score (nSPS) is 13.8. The lowest BCUT2D eigenvalue weighted by atomic mass is 10.1. The second kappa shape index (κ2) is 12.0. The molecule has 4 rings (SSSR count). The third kappa shape index (κ3) is 6.83. The zero-order valence-electron chi connectivity index (χ0n) is 19.9. The summed E-state index contributed by atoms with van der Waals surface area (Å²) in [5.74, 6) is -0.447. The Labute approximate surface area is 233 Å². The first kappa shape index (κ1) is 27.0. The second-order valence-electron chi connectivity index (χ2n) is 8.55. The molecule has 0 bridgehead atoms. The molecule has 0 aliphatic carbocycles. The van der Waals surface area contributed by atoms with E-state index in [2.05, 4.69) is 26.6 Å². The highest BCUT2D eigenvalue weighted by Gasteiger charge is 2.22. The smallest absolute Gasteiger partial charge is 0.309 e. The first-order valence-electron chi connectivity index (χ1n) is 11.6. The Morgan fingerprint density at radius 3 is 2.46 bits per heavy atom. The van der Waals surface area contributed by atoms with Crippen molar-refractivity contribution in [3.63, 3.8) is 0 Å². The van der Waals surface area contributed by atoms with E-state index in [0.29, 0.717) is 40.1 Å². The van der Waals surface area contributed by atoms with Crippen LogP contribution >= 0.6 is 39.1 Å². The molecule has 7 nitrogen and oxygen atoms in total. The van der Waals surface area contributed by atoms with Gasteiger partial charge in [0.15, 0.2) is 0 Å². The van der Waals surface area contributed by atoms with Crippen LogP contribution in [-0.2, 0) is 20.9 Å². The maximum Gasteiger partial charge on any atom is 0.309 e. The molecule has 0 saturated carbocycles. The molecule has 2 N–H and O–H groups in total. The van der Waals surface area contributed by atoms with Crippen molar-refractivity contribution < 1.29 is 19.1 Å². The zero-order chi connectivity index (χ0) is 26.5. The lowest BCUT2D eigenvalue weighted by molar-refractivity contribution is -0.139. The van der Waals surface area contributed by atoms with Gasteiger partial charge in [0.05, 0.1) is 16.1 Å². The molecule has 0 aromatic heterocycles. The van der Waals surface area contributed by atoms with Gasteiger partial charge in [-0.3, -0.25) is 14.4 Å². The number of rotatable bonds is 7. The maximum atomic E-state index is 12.5. The van der Waals surface area contributed by atoms with Gasteiger partial charge in [-0.15, -0.1) is 0 Å². The van der Waals surface area contributed by atoms with Gasteiger partial charge in [-0.05, 0) is 55.3 Å². The summed E-state index contributed by atoms with van der Waals surface area (Å²) in [6, 6.07) is 17.2. The molecule has 3 aromatic carbocycles. The number of nitrogens with one attached hydrogen (secondary N) is 2. The predicted octanol–water partition coefficient (Wildman–Crippen LogP) is 6.17. The first-order chi connectivity index (χ1) is 17.7. The Hall–Kier alpha value is -3.07. The van der Waals surface area contributed by atoms with Gasteiger partial charge in [0.1, 0.15) is 11.5 Å². The third-order valence-electron chi connectivity index (χ3n) is 5.92. The van der Waals surface area contributed by atoms with Crippen molar-refractivity contribution in [1.82, 2.24) is 10.6 Å². The number of ether oxygens (including phenoxy) is 1. The van der Waals surface area contributed by atoms with Gasteiger partial charge in [-0.2, -0.15) is 0 Å². The molecule has 0 radical (unpaired) electrons. The molecule has 10 heteroatoms.